The molecule has 2 heteroatoms. The molecule has 0 aliphatic heterocycles. The van der Waals surface area contributed by atoms with E-state index in [2.05, 4.69) is 19.9 Å². The van der Waals surface area contributed by atoms with Gasteiger partial charge in [-0.25, -0.2) is 0 Å². The number of nitrogens with two attached hydrogens (primary N) is 1. The molecule has 2 N–H and O–H groups in total. The van der Waals surface area contributed by atoms with Crippen molar-refractivity contribution >= 4 is 12.0 Å². The summed E-state index contributed by atoms with van der Waals surface area (Å²) in [7, 11) is 0. The van der Waals surface area contributed by atoms with Gasteiger partial charge in [-0.1, -0.05) is 38.1 Å². The van der Waals surface area contributed by atoms with Gasteiger partial charge in [0.15, 0.2) is 0 Å². The van der Waals surface area contributed by atoms with Crippen molar-refractivity contribution in [2.45, 2.75) is 20.3 Å². The maximum absolute atomic E-state index is 11.3. The van der Waals surface area contributed by atoms with Gasteiger partial charge in [-0.2, -0.15) is 0 Å². The fourth-order valence-corrected chi connectivity index (χ4v) is 2.16. The highest BCUT2D eigenvalue weighted by atomic mass is 16.1. The molecule has 1 aliphatic rings. The van der Waals surface area contributed by atoms with E-state index >= 15 is 0 Å². The zero-order valence-corrected chi connectivity index (χ0v) is 9.08. The molecular formula is C13H15NO. The van der Waals surface area contributed by atoms with Crippen molar-refractivity contribution in [3.05, 3.63) is 41.0 Å². The van der Waals surface area contributed by atoms with Crippen LogP contribution in [0.2, 0.25) is 0 Å². The first kappa shape index (κ1) is 9.97. The van der Waals surface area contributed by atoms with Gasteiger partial charge in [0.2, 0.25) is 5.91 Å². The van der Waals surface area contributed by atoms with Crippen molar-refractivity contribution in [2.75, 3.05) is 0 Å². The van der Waals surface area contributed by atoms with Crippen LogP contribution < -0.4 is 5.73 Å². The van der Waals surface area contributed by atoms with E-state index in [1.165, 1.54) is 5.56 Å². The molecule has 1 aliphatic carbocycles. The molecule has 0 aromatic heterocycles. The Bertz CT molecular complexity index is 444. The molecule has 0 spiro atoms. The van der Waals surface area contributed by atoms with Gasteiger partial charge in [0.05, 0.1) is 0 Å². The van der Waals surface area contributed by atoms with Crippen LogP contribution in [0.1, 0.15) is 25.0 Å². The van der Waals surface area contributed by atoms with Gasteiger partial charge < -0.3 is 5.73 Å². The molecule has 0 saturated heterocycles. The van der Waals surface area contributed by atoms with Crippen molar-refractivity contribution in [3.8, 4) is 0 Å². The van der Waals surface area contributed by atoms with Crippen LogP contribution in [0.5, 0.6) is 0 Å². The van der Waals surface area contributed by atoms with Gasteiger partial charge in [-0.15, -0.1) is 0 Å². The van der Waals surface area contributed by atoms with Crippen molar-refractivity contribution in [1.82, 2.24) is 0 Å². The molecule has 0 bridgehead atoms. The third kappa shape index (κ3) is 1.67. The lowest BCUT2D eigenvalue weighted by molar-refractivity contribution is -0.115. The number of primary amides is 1. The Kier molecular flexibility index (Phi) is 2.14. The van der Waals surface area contributed by atoms with Gasteiger partial charge >= 0.3 is 0 Å². The second kappa shape index (κ2) is 3.23. The van der Waals surface area contributed by atoms with E-state index in [1.54, 1.807) is 0 Å². The SMILES string of the molecule is CC1(C)Cc2ccccc2C=C1C(N)=O. The van der Waals surface area contributed by atoms with Gasteiger partial charge in [0.25, 0.3) is 0 Å². The number of fused-ring (bicyclic) bond motifs is 1. The largest absolute Gasteiger partial charge is 0.366 e. The maximum atomic E-state index is 11.3. The van der Waals surface area contributed by atoms with E-state index in [9.17, 15) is 4.79 Å². The topological polar surface area (TPSA) is 43.1 Å². The lowest BCUT2D eigenvalue weighted by Gasteiger charge is -2.31. The minimum atomic E-state index is -0.311. The summed E-state index contributed by atoms with van der Waals surface area (Å²) in [6.45, 7) is 4.11. The van der Waals surface area contributed by atoms with Crippen LogP contribution in [0.25, 0.3) is 6.08 Å². The average molecular weight is 201 g/mol. The molecule has 78 valence electrons. The van der Waals surface area contributed by atoms with Crippen LogP contribution in [0.4, 0.5) is 0 Å². The summed E-state index contributed by atoms with van der Waals surface area (Å²) in [5.41, 5.74) is 8.36. The number of hydrogen-bond acceptors (Lipinski definition) is 1. The first-order valence-corrected chi connectivity index (χ1v) is 5.10. The van der Waals surface area contributed by atoms with Gasteiger partial charge in [0, 0.05) is 5.57 Å². The number of amides is 1. The highest BCUT2D eigenvalue weighted by Crippen LogP contribution is 2.37. The first-order valence-electron chi connectivity index (χ1n) is 5.10. The van der Waals surface area contributed by atoms with Crippen LogP contribution in [-0.4, -0.2) is 5.91 Å². The molecule has 0 fully saturated rings. The summed E-state index contributed by atoms with van der Waals surface area (Å²) in [4.78, 5) is 11.3. The van der Waals surface area contributed by atoms with Crippen LogP contribution in [0, 0.1) is 5.41 Å². The zero-order valence-electron chi connectivity index (χ0n) is 9.08. The van der Waals surface area contributed by atoms with Crippen molar-refractivity contribution in [2.24, 2.45) is 11.1 Å². The lowest BCUT2D eigenvalue weighted by atomic mass is 9.73. The van der Waals surface area contributed by atoms with E-state index in [0.29, 0.717) is 0 Å². The number of carbonyl (C=O) groups is 1. The molecule has 2 nitrogen and oxygen atoms in total. The van der Waals surface area contributed by atoms with Crippen LogP contribution in [0.3, 0.4) is 0 Å². The smallest absolute Gasteiger partial charge is 0.245 e. The fraction of sp³-hybridized carbons (Fsp3) is 0.308. The summed E-state index contributed by atoms with van der Waals surface area (Å²) >= 11 is 0. The molecule has 15 heavy (non-hydrogen) atoms. The second-order valence-electron chi connectivity index (χ2n) is 4.68. The molecule has 1 aromatic carbocycles. The Hall–Kier alpha value is -1.57. The average Bonchev–Trinajstić information content (AvgIpc) is 2.14. The van der Waals surface area contributed by atoms with Crippen LogP contribution >= 0.6 is 0 Å². The van der Waals surface area contributed by atoms with E-state index in [0.717, 1.165) is 17.6 Å². The maximum Gasteiger partial charge on any atom is 0.245 e. The third-order valence-electron chi connectivity index (χ3n) is 2.98. The van der Waals surface area contributed by atoms with Crippen molar-refractivity contribution in [1.29, 1.82) is 0 Å². The molecule has 2 rings (SSSR count). The predicted molar refractivity (Wildman–Crippen MR) is 61.1 cm³/mol. The monoisotopic (exact) mass is 201 g/mol. The number of carbonyl (C=O) groups excluding carboxylic acids is 1. The normalized spacial score (nSPS) is 17.9. The van der Waals surface area contributed by atoms with Gasteiger partial charge in [-0.05, 0) is 29.0 Å². The summed E-state index contributed by atoms with van der Waals surface area (Å²) < 4.78 is 0. The first-order chi connectivity index (χ1) is 7.00. The van der Waals surface area contributed by atoms with E-state index in [1.807, 2.05) is 24.3 Å². The predicted octanol–water partition coefficient (Wildman–Crippen LogP) is 2.14. The Morgan fingerprint density at radius 3 is 2.67 bits per heavy atom. The summed E-state index contributed by atoms with van der Waals surface area (Å²) in [5.74, 6) is -0.311. The van der Waals surface area contributed by atoms with Crippen molar-refractivity contribution in [3.63, 3.8) is 0 Å². The number of rotatable bonds is 1. The van der Waals surface area contributed by atoms with Crippen molar-refractivity contribution < 1.29 is 4.79 Å². The molecule has 0 atom stereocenters. The summed E-state index contributed by atoms with van der Waals surface area (Å²) in [5, 5.41) is 0. The molecule has 1 aromatic rings. The van der Waals surface area contributed by atoms with E-state index in [4.69, 9.17) is 5.73 Å². The Morgan fingerprint density at radius 2 is 2.00 bits per heavy atom. The minimum absolute atomic E-state index is 0.153. The van der Waals surface area contributed by atoms with E-state index < -0.39 is 0 Å². The quantitative estimate of drug-likeness (QED) is 0.743. The molecular weight excluding hydrogens is 186 g/mol. The van der Waals surface area contributed by atoms with Crippen LogP contribution in [0.15, 0.2) is 29.8 Å². The molecule has 0 saturated carbocycles. The molecule has 0 radical (unpaired) electrons. The Balaban J connectivity index is 2.57. The molecule has 0 heterocycles. The minimum Gasteiger partial charge on any atom is -0.366 e. The fourth-order valence-electron chi connectivity index (χ4n) is 2.16. The molecule has 0 unspecified atom stereocenters. The highest BCUT2D eigenvalue weighted by Gasteiger charge is 2.31. The number of benzene rings is 1. The summed E-state index contributed by atoms with van der Waals surface area (Å²) in [6, 6.07) is 8.13. The van der Waals surface area contributed by atoms with Crippen LogP contribution in [-0.2, 0) is 11.2 Å². The Labute approximate surface area is 89.8 Å². The summed E-state index contributed by atoms with van der Waals surface area (Å²) in [6.07, 6.45) is 2.79. The third-order valence-corrected chi connectivity index (χ3v) is 2.98. The standard InChI is InChI=1S/C13H15NO/c1-13(2)8-10-6-4-3-5-9(10)7-11(13)12(14)15/h3-7H,8H2,1-2H3,(H2,14,15). The molecule has 1 amide bonds. The number of hydrogen-bond donors (Lipinski definition) is 1. The van der Waals surface area contributed by atoms with E-state index in [-0.39, 0.29) is 11.3 Å². The zero-order chi connectivity index (χ0) is 11.1. The highest BCUT2D eigenvalue weighted by molar-refractivity contribution is 5.98. The van der Waals surface area contributed by atoms with Gasteiger partial charge in [0.1, 0.15) is 0 Å². The Morgan fingerprint density at radius 1 is 1.33 bits per heavy atom. The lowest BCUT2D eigenvalue weighted by Crippen LogP contribution is -2.30. The van der Waals surface area contributed by atoms with Gasteiger partial charge in [-0.3, -0.25) is 4.79 Å². The second-order valence-corrected chi connectivity index (χ2v) is 4.68.